The van der Waals surface area contributed by atoms with Crippen molar-refractivity contribution < 1.29 is 14.9 Å². The third-order valence-corrected chi connectivity index (χ3v) is 2.20. The molecule has 1 aliphatic heterocycles. The summed E-state index contributed by atoms with van der Waals surface area (Å²) in [5.74, 6) is -0.817. The summed E-state index contributed by atoms with van der Waals surface area (Å²) < 4.78 is 0. The van der Waals surface area contributed by atoms with Crippen LogP contribution in [0.5, 0.6) is 0 Å². The number of hydrogen-bond donors (Lipinski definition) is 4. The second-order valence-electron chi connectivity index (χ2n) is 3.12. The summed E-state index contributed by atoms with van der Waals surface area (Å²) in [4.78, 5) is 10.7. The first kappa shape index (κ1) is 10.5. The third-order valence-electron chi connectivity index (χ3n) is 2.20. The highest BCUT2D eigenvalue weighted by Gasteiger charge is 2.31. The summed E-state index contributed by atoms with van der Waals surface area (Å²) in [6, 6.07) is -0.504. The van der Waals surface area contributed by atoms with Crippen molar-refractivity contribution in [2.24, 2.45) is 0 Å². The normalized spacial score (nSPS) is 27.5. The number of rotatable bonds is 5. The molecule has 0 spiro atoms. The van der Waals surface area contributed by atoms with Gasteiger partial charge in [0.15, 0.2) is 0 Å². The largest absolute Gasteiger partial charge is 0.480 e. The lowest BCUT2D eigenvalue weighted by Crippen LogP contribution is -2.40. The van der Waals surface area contributed by atoms with Crippen molar-refractivity contribution >= 4 is 13.5 Å². The Kier molecular flexibility index (Phi) is 4.21. The molecule has 0 aliphatic carbocycles. The molecule has 1 saturated heterocycles. The Morgan fingerprint density at radius 3 is 2.92 bits per heavy atom. The molecule has 0 bridgehead atoms. The fourth-order valence-corrected chi connectivity index (χ4v) is 1.52. The first-order valence-corrected chi connectivity index (χ1v) is 4.41. The number of hydrogen-bond acceptors (Lipinski definition) is 4. The molecule has 0 amide bonds. The Hall–Kier alpha value is -0.585. The molecule has 1 fully saturated rings. The van der Waals surface area contributed by atoms with Gasteiger partial charge in [-0.05, 0) is 6.42 Å². The van der Waals surface area contributed by atoms with Gasteiger partial charge in [0.05, 0.1) is 0 Å². The maximum atomic E-state index is 10.7. The van der Waals surface area contributed by atoms with Gasteiger partial charge in [-0.1, -0.05) is 12.7 Å². The molecule has 0 aromatic rings. The van der Waals surface area contributed by atoms with E-state index in [0.29, 0.717) is 13.0 Å². The van der Waals surface area contributed by atoms with Gasteiger partial charge in [0.1, 0.15) is 6.04 Å². The van der Waals surface area contributed by atoms with Gasteiger partial charge >= 0.3 is 5.97 Å². The Morgan fingerprint density at radius 1 is 1.54 bits per heavy atom. The van der Waals surface area contributed by atoms with Crippen molar-refractivity contribution in [2.45, 2.75) is 31.2 Å². The van der Waals surface area contributed by atoms with Gasteiger partial charge in [0, 0.05) is 12.7 Å². The van der Waals surface area contributed by atoms with Crippen molar-refractivity contribution in [3.05, 3.63) is 0 Å². The molecule has 1 radical (unpaired) electrons. The molecule has 6 heteroatoms. The zero-order chi connectivity index (χ0) is 9.68. The minimum atomic E-state index is -0.817. The second-order valence-corrected chi connectivity index (χ2v) is 3.12. The monoisotopic (exact) mass is 185 g/mol. The standard InChI is InChI=1S/C7H14BN2O3/c11-7(12)6-5(9-4-10-6)2-1-3-8-13/h5-6,9-10,13H,1-4H2,(H,11,12)/t5?,6-/m0/s1. The van der Waals surface area contributed by atoms with E-state index in [1.165, 1.54) is 0 Å². The van der Waals surface area contributed by atoms with Crippen LogP contribution in [0.25, 0.3) is 0 Å². The van der Waals surface area contributed by atoms with Gasteiger partial charge in [-0.2, -0.15) is 0 Å². The fourth-order valence-electron chi connectivity index (χ4n) is 1.52. The zero-order valence-electron chi connectivity index (χ0n) is 7.36. The van der Waals surface area contributed by atoms with E-state index in [1.807, 2.05) is 0 Å². The first-order valence-electron chi connectivity index (χ1n) is 4.41. The number of carboxylic acids is 1. The Morgan fingerprint density at radius 2 is 2.31 bits per heavy atom. The molecule has 1 heterocycles. The molecule has 13 heavy (non-hydrogen) atoms. The summed E-state index contributed by atoms with van der Waals surface area (Å²) in [5, 5.41) is 23.1. The maximum absolute atomic E-state index is 10.7. The highest BCUT2D eigenvalue weighted by Crippen LogP contribution is 2.08. The van der Waals surface area contributed by atoms with Crippen molar-refractivity contribution in [3.63, 3.8) is 0 Å². The van der Waals surface area contributed by atoms with Crippen LogP contribution in [0.1, 0.15) is 12.8 Å². The zero-order valence-corrected chi connectivity index (χ0v) is 7.36. The summed E-state index contributed by atoms with van der Waals surface area (Å²) in [7, 11) is 1.11. The lowest BCUT2D eigenvalue weighted by atomic mass is 9.90. The van der Waals surface area contributed by atoms with Crippen molar-refractivity contribution in [3.8, 4) is 0 Å². The maximum Gasteiger partial charge on any atom is 0.322 e. The molecule has 73 valence electrons. The Bertz CT molecular complexity index is 179. The van der Waals surface area contributed by atoms with E-state index in [-0.39, 0.29) is 6.04 Å². The van der Waals surface area contributed by atoms with Crippen molar-refractivity contribution in [1.82, 2.24) is 10.6 Å². The van der Waals surface area contributed by atoms with E-state index in [9.17, 15) is 4.79 Å². The van der Waals surface area contributed by atoms with E-state index in [4.69, 9.17) is 10.1 Å². The molecule has 1 unspecified atom stereocenters. The fraction of sp³-hybridized carbons (Fsp3) is 0.857. The summed E-state index contributed by atoms with van der Waals surface area (Å²) in [6.45, 7) is 0.546. The quantitative estimate of drug-likeness (QED) is 0.318. The molecule has 2 atom stereocenters. The minimum absolute atomic E-state index is 0.0163. The molecule has 5 nitrogen and oxygen atoms in total. The Labute approximate surface area is 77.8 Å². The highest BCUT2D eigenvalue weighted by molar-refractivity contribution is 6.25. The van der Waals surface area contributed by atoms with E-state index in [2.05, 4.69) is 10.6 Å². The van der Waals surface area contributed by atoms with Gasteiger partial charge in [-0.25, -0.2) is 0 Å². The van der Waals surface area contributed by atoms with Gasteiger partial charge in [-0.15, -0.1) is 0 Å². The number of aliphatic carboxylic acids is 1. The number of nitrogens with one attached hydrogen (secondary N) is 2. The molecular weight excluding hydrogens is 171 g/mol. The van der Waals surface area contributed by atoms with Crippen LogP contribution in [0.3, 0.4) is 0 Å². The molecular formula is C7H14BN2O3. The van der Waals surface area contributed by atoms with Crippen LogP contribution >= 0.6 is 0 Å². The van der Waals surface area contributed by atoms with E-state index in [1.54, 1.807) is 0 Å². The molecule has 0 aromatic heterocycles. The molecule has 1 aliphatic rings. The summed E-state index contributed by atoms with van der Waals surface area (Å²) in [5.41, 5.74) is 0. The van der Waals surface area contributed by atoms with Crippen LogP contribution in [-0.4, -0.2) is 42.3 Å². The number of carboxylic acid groups (broad SMARTS) is 1. The average molecular weight is 185 g/mol. The lowest BCUT2D eigenvalue weighted by Gasteiger charge is -2.14. The van der Waals surface area contributed by atoms with Crippen LogP contribution in [0.2, 0.25) is 6.32 Å². The van der Waals surface area contributed by atoms with Gasteiger partial charge in [0.25, 0.3) is 7.48 Å². The average Bonchev–Trinajstić information content (AvgIpc) is 2.53. The lowest BCUT2D eigenvalue weighted by molar-refractivity contribution is -0.139. The predicted molar refractivity (Wildman–Crippen MR) is 48.4 cm³/mol. The first-order chi connectivity index (χ1) is 6.25. The van der Waals surface area contributed by atoms with Crippen LogP contribution in [0.4, 0.5) is 0 Å². The smallest absolute Gasteiger partial charge is 0.322 e. The van der Waals surface area contributed by atoms with Crippen LogP contribution in [0, 0.1) is 0 Å². The topological polar surface area (TPSA) is 81.6 Å². The minimum Gasteiger partial charge on any atom is -0.480 e. The summed E-state index contributed by atoms with van der Waals surface area (Å²) >= 11 is 0. The van der Waals surface area contributed by atoms with Gasteiger partial charge in [0.2, 0.25) is 0 Å². The van der Waals surface area contributed by atoms with Crippen molar-refractivity contribution in [1.29, 1.82) is 0 Å². The van der Waals surface area contributed by atoms with E-state index >= 15 is 0 Å². The van der Waals surface area contributed by atoms with Crippen LogP contribution in [-0.2, 0) is 4.79 Å². The molecule has 4 N–H and O–H groups in total. The second kappa shape index (κ2) is 5.21. The molecule has 0 aromatic carbocycles. The van der Waals surface area contributed by atoms with Gasteiger partial charge in [-0.3, -0.25) is 15.4 Å². The predicted octanol–water partition coefficient (Wildman–Crippen LogP) is -1.23. The van der Waals surface area contributed by atoms with Crippen LogP contribution < -0.4 is 10.6 Å². The number of carbonyl (C=O) groups is 1. The summed E-state index contributed by atoms with van der Waals surface area (Å²) in [6.07, 6.45) is 2.19. The van der Waals surface area contributed by atoms with Crippen molar-refractivity contribution in [2.75, 3.05) is 6.67 Å². The Balaban J connectivity index is 2.27. The van der Waals surface area contributed by atoms with E-state index in [0.717, 1.165) is 20.3 Å². The van der Waals surface area contributed by atoms with Gasteiger partial charge < -0.3 is 10.1 Å². The molecule has 0 saturated carbocycles. The van der Waals surface area contributed by atoms with E-state index < -0.39 is 12.0 Å². The molecule has 1 rings (SSSR count). The third kappa shape index (κ3) is 2.98. The highest BCUT2D eigenvalue weighted by atomic mass is 16.4. The SMILES string of the molecule is O=C(O)[C@H]1NCNC1CCC[B]O. The van der Waals surface area contributed by atoms with Crippen LogP contribution in [0.15, 0.2) is 0 Å².